The van der Waals surface area contributed by atoms with Gasteiger partial charge in [-0.3, -0.25) is 0 Å². The first-order valence-corrected chi connectivity index (χ1v) is 8.06. The van der Waals surface area contributed by atoms with E-state index in [9.17, 15) is 8.42 Å². The fraction of sp³-hybridized carbons (Fsp3) is 0.0769. The van der Waals surface area contributed by atoms with Gasteiger partial charge < -0.3 is 11.1 Å². The molecule has 4 N–H and O–H groups in total. The van der Waals surface area contributed by atoms with Crippen LogP contribution in [0.4, 0.5) is 17.1 Å². The van der Waals surface area contributed by atoms with E-state index in [2.05, 4.69) is 26.0 Å². The van der Waals surface area contributed by atoms with Crippen LogP contribution in [0.25, 0.3) is 0 Å². The van der Waals surface area contributed by atoms with Gasteiger partial charge in [0, 0.05) is 4.47 Å². The largest absolute Gasteiger partial charge is 0.397 e. The Morgan fingerprint density at radius 2 is 1.80 bits per heavy atom. The smallest absolute Gasteiger partial charge is 0.240 e. The third kappa shape index (κ3) is 3.12. The number of halogens is 1. The number of hydrogen-bond acceptors (Lipinski definition) is 4. The van der Waals surface area contributed by atoms with E-state index in [1.54, 1.807) is 6.07 Å². The Morgan fingerprint density at radius 3 is 2.40 bits per heavy atom. The van der Waals surface area contributed by atoms with Crippen molar-refractivity contribution >= 4 is 43.0 Å². The van der Waals surface area contributed by atoms with E-state index in [4.69, 9.17) is 5.73 Å². The second-order valence-electron chi connectivity index (χ2n) is 4.06. The molecule has 0 amide bonds. The number of hydrogen-bond donors (Lipinski definition) is 3. The van der Waals surface area contributed by atoms with Crippen LogP contribution in [0, 0.1) is 0 Å². The summed E-state index contributed by atoms with van der Waals surface area (Å²) in [6.45, 7) is 0. The molecule has 0 atom stereocenters. The zero-order chi connectivity index (χ0) is 14.8. The van der Waals surface area contributed by atoms with Gasteiger partial charge in [0.1, 0.15) is 0 Å². The molecule has 0 spiro atoms. The number of nitrogens with one attached hydrogen (secondary N) is 2. The Hall–Kier alpha value is -1.57. The van der Waals surface area contributed by atoms with Gasteiger partial charge in [0.05, 0.1) is 22.0 Å². The van der Waals surface area contributed by atoms with Crippen molar-refractivity contribution in [3.63, 3.8) is 0 Å². The fourth-order valence-electron chi connectivity index (χ4n) is 1.65. The lowest BCUT2D eigenvalue weighted by molar-refractivity contribution is 0.588. The summed E-state index contributed by atoms with van der Waals surface area (Å²) in [7, 11) is -2.13. The van der Waals surface area contributed by atoms with Crippen molar-refractivity contribution in [3.05, 3.63) is 46.9 Å². The molecule has 0 fully saturated rings. The molecule has 0 aliphatic heterocycles. The lowest BCUT2D eigenvalue weighted by Gasteiger charge is -2.12. The summed E-state index contributed by atoms with van der Waals surface area (Å²) in [5.74, 6) is 0. The van der Waals surface area contributed by atoms with Crippen molar-refractivity contribution in [3.8, 4) is 0 Å². The monoisotopic (exact) mass is 355 g/mol. The lowest BCUT2D eigenvalue weighted by Crippen LogP contribution is -2.18. The Labute approximate surface area is 126 Å². The van der Waals surface area contributed by atoms with Gasteiger partial charge in [0.15, 0.2) is 0 Å². The van der Waals surface area contributed by atoms with Gasteiger partial charge in [-0.2, -0.15) is 0 Å². The van der Waals surface area contributed by atoms with Crippen molar-refractivity contribution in [1.29, 1.82) is 0 Å². The normalized spacial score (nSPS) is 11.3. The van der Waals surface area contributed by atoms with Gasteiger partial charge in [-0.05, 0) is 53.3 Å². The first-order valence-electron chi connectivity index (χ1n) is 5.78. The number of benzene rings is 2. The number of para-hydroxylation sites is 1. The number of anilines is 3. The fourth-order valence-corrected chi connectivity index (χ4v) is 2.80. The maximum absolute atomic E-state index is 11.7. The molecule has 20 heavy (non-hydrogen) atoms. The highest BCUT2D eigenvalue weighted by atomic mass is 79.9. The molecule has 0 unspecified atom stereocenters. The van der Waals surface area contributed by atoms with E-state index < -0.39 is 10.0 Å². The van der Waals surface area contributed by atoms with E-state index in [-0.39, 0.29) is 4.90 Å². The molecule has 0 aliphatic carbocycles. The molecule has 0 bridgehead atoms. The molecular weight excluding hydrogens is 342 g/mol. The molecule has 0 saturated heterocycles. The summed E-state index contributed by atoms with van der Waals surface area (Å²) in [4.78, 5) is 0.134. The molecule has 7 heteroatoms. The highest BCUT2D eigenvalue weighted by Gasteiger charge is 2.13. The molecule has 0 aromatic heterocycles. The molecule has 0 saturated carbocycles. The van der Waals surface area contributed by atoms with Crippen LogP contribution in [0.15, 0.2) is 51.8 Å². The van der Waals surface area contributed by atoms with Gasteiger partial charge in [0.2, 0.25) is 10.0 Å². The molecule has 5 nitrogen and oxygen atoms in total. The standard InChI is InChI=1S/C13H14BrN3O2S/c1-16-20(18,19)9-6-7-13(11(15)8-9)17-12-5-3-2-4-10(12)14/h2-8,16-17H,15H2,1H3. The van der Waals surface area contributed by atoms with Crippen molar-refractivity contribution < 1.29 is 8.42 Å². The highest BCUT2D eigenvalue weighted by Crippen LogP contribution is 2.29. The Kier molecular flexibility index (Phi) is 4.32. The number of nitrogens with two attached hydrogens (primary N) is 1. The van der Waals surface area contributed by atoms with Crippen molar-refractivity contribution in [2.75, 3.05) is 18.1 Å². The quantitative estimate of drug-likeness (QED) is 0.736. The average Bonchev–Trinajstić information content (AvgIpc) is 2.43. The van der Waals surface area contributed by atoms with Crippen LogP contribution in [0.1, 0.15) is 0 Å². The first kappa shape index (κ1) is 14.8. The third-order valence-corrected chi connectivity index (χ3v) is 4.85. The molecule has 2 aromatic carbocycles. The summed E-state index contributed by atoms with van der Waals surface area (Å²) in [6, 6.07) is 12.1. The number of sulfonamides is 1. The summed E-state index contributed by atoms with van der Waals surface area (Å²) >= 11 is 3.43. The number of nitrogen functional groups attached to an aromatic ring is 1. The molecule has 2 rings (SSSR count). The van der Waals surface area contributed by atoms with Gasteiger partial charge in [0.25, 0.3) is 0 Å². The zero-order valence-electron chi connectivity index (χ0n) is 10.7. The first-order chi connectivity index (χ1) is 9.44. The Balaban J connectivity index is 2.34. The van der Waals surface area contributed by atoms with Gasteiger partial charge in [-0.15, -0.1) is 0 Å². The van der Waals surface area contributed by atoms with E-state index in [0.717, 1.165) is 10.2 Å². The summed E-state index contributed by atoms with van der Waals surface area (Å²) < 4.78 is 26.5. The van der Waals surface area contributed by atoms with Crippen LogP contribution in [0.3, 0.4) is 0 Å². The maximum Gasteiger partial charge on any atom is 0.240 e. The van der Waals surface area contributed by atoms with E-state index in [0.29, 0.717) is 11.4 Å². The highest BCUT2D eigenvalue weighted by molar-refractivity contribution is 9.10. The molecule has 0 aliphatic rings. The Morgan fingerprint density at radius 1 is 1.10 bits per heavy atom. The van der Waals surface area contributed by atoms with Crippen LogP contribution in [0.5, 0.6) is 0 Å². The number of rotatable bonds is 4. The lowest BCUT2D eigenvalue weighted by atomic mass is 10.2. The van der Waals surface area contributed by atoms with Crippen molar-refractivity contribution in [1.82, 2.24) is 4.72 Å². The van der Waals surface area contributed by atoms with Crippen LogP contribution in [-0.2, 0) is 10.0 Å². The minimum Gasteiger partial charge on any atom is -0.397 e. The van der Waals surface area contributed by atoms with E-state index >= 15 is 0 Å². The predicted molar refractivity (Wildman–Crippen MR) is 84.5 cm³/mol. The van der Waals surface area contributed by atoms with Gasteiger partial charge >= 0.3 is 0 Å². The minimum absolute atomic E-state index is 0.134. The van der Waals surface area contributed by atoms with Crippen LogP contribution in [-0.4, -0.2) is 15.5 Å². The zero-order valence-corrected chi connectivity index (χ0v) is 13.1. The van der Waals surface area contributed by atoms with Crippen LogP contribution >= 0.6 is 15.9 Å². The van der Waals surface area contributed by atoms with Gasteiger partial charge in [-0.25, -0.2) is 13.1 Å². The second kappa shape index (κ2) is 5.82. The molecule has 0 radical (unpaired) electrons. The average molecular weight is 356 g/mol. The Bertz CT molecular complexity index is 732. The van der Waals surface area contributed by atoms with Crippen LogP contribution in [0.2, 0.25) is 0 Å². The maximum atomic E-state index is 11.7. The minimum atomic E-state index is -3.49. The molecule has 0 heterocycles. The summed E-state index contributed by atoms with van der Waals surface area (Å²) in [6.07, 6.45) is 0. The van der Waals surface area contributed by atoms with Crippen molar-refractivity contribution in [2.24, 2.45) is 0 Å². The molecular formula is C13H14BrN3O2S. The molecule has 2 aromatic rings. The summed E-state index contributed by atoms with van der Waals surface area (Å²) in [5.41, 5.74) is 7.75. The molecule has 106 valence electrons. The topological polar surface area (TPSA) is 84.2 Å². The van der Waals surface area contributed by atoms with Crippen molar-refractivity contribution in [2.45, 2.75) is 4.90 Å². The van der Waals surface area contributed by atoms with E-state index in [1.165, 1.54) is 19.2 Å². The second-order valence-corrected chi connectivity index (χ2v) is 6.80. The predicted octanol–water partition coefficient (Wildman–Crippen LogP) is 2.68. The third-order valence-electron chi connectivity index (χ3n) is 2.75. The van der Waals surface area contributed by atoms with Gasteiger partial charge in [-0.1, -0.05) is 12.1 Å². The SMILES string of the molecule is CNS(=O)(=O)c1ccc(Nc2ccccc2Br)c(N)c1. The summed E-state index contributed by atoms with van der Waals surface area (Å²) in [5, 5.41) is 3.15. The van der Waals surface area contributed by atoms with Crippen LogP contribution < -0.4 is 15.8 Å². The van der Waals surface area contributed by atoms with E-state index in [1.807, 2.05) is 24.3 Å².